The zero-order valence-electron chi connectivity index (χ0n) is 7.11. The van der Waals surface area contributed by atoms with E-state index < -0.39 is 0 Å². The third kappa shape index (κ3) is 3.42. The van der Waals surface area contributed by atoms with Gasteiger partial charge in [-0.2, -0.15) is 0 Å². The summed E-state index contributed by atoms with van der Waals surface area (Å²) >= 11 is 3.44. The molecule has 0 N–H and O–H groups in total. The van der Waals surface area contributed by atoms with E-state index in [0.717, 1.165) is 11.2 Å². The van der Waals surface area contributed by atoms with Gasteiger partial charge in [0.05, 0.1) is 0 Å². The predicted molar refractivity (Wildman–Crippen MR) is 54.1 cm³/mol. The number of halogens is 1. The summed E-state index contributed by atoms with van der Waals surface area (Å²) in [5, 5.41) is 0.990. The molecule has 1 aliphatic carbocycles. The van der Waals surface area contributed by atoms with Gasteiger partial charge in [-0.3, -0.25) is 0 Å². The van der Waals surface area contributed by atoms with Crippen molar-refractivity contribution in [2.24, 2.45) is 5.92 Å². The molecule has 0 nitrogen and oxygen atoms in total. The molecular weight excluding hydrogens is 200 g/mol. The summed E-state index contributed by atoms with van der Waals surface area (Å²) in [6, 6.07) is 0. The van der Waals surface area contributed by atoms with Crippen molar-refractivity contribution in [1.29, 1.82) is 0 Å². The summed E-state index contributed by atoms with van der Waals surface area (Å²) in [4.78, 5) is 0. The summed E-state index contributed by atoms with van der Waals surface area (Å²) in [7, 11) is 0. The van der Waals surface area contributed by atoms with E-state index in [9.17, 15) is 0 Å². The molecule has 0 aliphatic heterocycles. The first kappa shape index (κ1) is 9.31. The lowest BCUT2D eigenvalue weighted by molar-refractivity contribution is 0.356. The quantitative estimate of drug-likeness (QED) is 0.496. The van der Waals surface area contributed by atoms with Crippen LogP contribution in [0.25, 0.3) is 0 Å². The van der Waals surface area contributed by atoms with E-state index >= 15 is 0 Å². The second-order valence-electron chi connectivity index (χ2n) is 3.59. The van der Waals surface area contributed by atoms with Gasteiger partial charge in [-0.05, 0) is 12.3 Å². The van der Waals surface area contributed by atoms with E-state index in [4.69, 9.17) is 0 Å². The number of rotatable bonds is 3. The fourth-order valence-corrected chi connectivity index (χ4v) is 2.08. The van der Waals surface area contributed by atoms with Crippen molar-refractivity contribution in [3.05, 3.63) is 12.2 Å². The molecule has 0 heterocycles. The van der Waals surface area contributed by atoms with Gasteiger partial charge in [0, 0.05) is 5.33 Å². The van der Waals surface area contributed by atoms with Crippen LogP contribution in [0.1, 0.15) is 38.5 Å². The Balaban J connectivity index is 2.19. The van der Waals surface area contributed by atoms with Crippen LogP contribution in [0.4, 0.5) is 0 Å². The summed E-state index contributed by atoms with van der Waals surface area (Å²) in [6.07, 6.45) is 8.47. The molecule has 0 aromatic heterocycles. The molecule has 0 aromatic rings. The van der Waals surface area contributed by atoms with Crippen LogP contribution in [-0.2, 0) is 0 Å². The van der Waals surface area contributed by atoms with Crippen LogP contribution in [-0.4, -0.2) is 5.33 Å². The Kier molecular flexibility index (Phi) is 4.21. The Morgan fingerprint density at radius 1 is 1.27 bits per heavy atom. The smallest absolute Gasteiger partial charge is 0.0239 e. The first-order valence-corrected chi connectivity index (χ1v) is 5.67. The van der Waals surface area contributed by atoms with Crippen molar-refractivity contribution in [1.82, 2.24) is 0 Å². The minimum atomic E-state index is 0.953. The first-order chi connectivity index (χ1) is 5.33. The highest BCUT2D eigenvalue weighted by molar-refractivity contribution is 9.09. The molecule has 1 fully saturated rings. The molecule has 1 saturated carbocycles. The molecule has 0 amide bonds. The van der Waals surface area contributed by atoms with Crippen molar-refractivity contribution in [3.63, 3.8) is 0 Å². The van der Waals surface area contributed by atoms with Crippen molar-refractivity contribution < 1.29 is 0 Å². The van der Waals surface area contributed by atoms with Crippen LogP contribution < -0.4 is 0 Å². The highest BCUT2D eigenvalue weighted by Crippen LogP contribution is 2.28. The number of alkyl halides is 1. The number of hydrogen-bond acceptors (Lipinski definition) is 0. The van der Waals surface area contributed by atoms with Crippen LogP contribution >= 0.6 is 15.9 Å². The zero-order valence-corrected chi connectivity index (χ0v) is 8.70. The van der Waals surface area contributed by atoms with Crippen LogP contribution in [0.3, 0.4) is 0 Å². The predicted octanol–water partition coefficient (Wildman–Crippen LogP) is 3.91. The van der Waals surface area contributed by atoms with Crippen LogP contribution in [0, 0.1) is 5.92 Å². The SMILES string of the molecule is C=C(CBr)CC1CCCCC1. The zero-order chi connectivity index (χ0) is 8.10. The van der Waals surface area contributed by atoms with Gasteiger partial charge >= 0.3 is 0 Å². The van der Waals surface area contributed by atoms with Crippen molar-refractivity contribution in [2.75, 3.05) is 5.33 Å². The molecule has 0 radical (unpaired) electrons. The highest BCUT2D eigenvalue weighted by atomic mass is 79.9. The Morgan fingerprint density at radius 3 is 2.45 bits per heavy atom. The summed E-state index contributed by atoms with van der Waals surface area (Å²) < 4.78 is 0. The number of allylic oxidation sites excluding steroid dienone is 1. The van der Waals surface area contributed by atoms with Gasteiger partial charge in [-0.25, -0.2) is 0 Å². The molecule has 1 heteroatoms. The monoisotopic (exact) mass is 216 g/mol. The lowest BCUT2D eigenvalue weighted by Gasteiger charge is -2.21. The first-order valence-electron chi connectivity index (χ1n) is 4.55. The molecular formula is C10H17Br. The van der Waals surface area contributed by atoms with Gasteiger partial charge in [-0.1, -0.05) is 60.2 Å². The van der Waals surface area contributed by atoms with Crippen LogP contribution in [0.15, 0.2) is 12.2 Å². The van der Waals surface area contributed by atoms with E-state index in [0.29, 0.717) is 0 Å². The topological polar surface area (TPSA) is 0 Å². The van der Waals surface area contributed by atoms with E-state index in [1.807, 2.05) is 0 Å². The van der Waals surface area contributed by atoms with E-state index in [-0.39, 0.29) is 0 Å². The second-order valence-corrected chi connectivity index (χ2v) is 4.15. The van der Waals surface area contributed by atoms with E-state index in [2.05, 4.69) is 22.5 Å². The van der Waals surface area contributed by atoms with Gasteiger partial charge in [0.25, 0.3) is 0 Å². The largest absolute Gasteiger partial charge is 0.0990 e. The Hall–Kier alpha value is 0.220. The Bertz CT molecular complexity index is 123. The average Bonchev–Trinajstić information content (AvgIpc) is 2.06. The summed E-state index contributed by atoms with van der Waals surface area (Å²) in [6.45, 7) is 4.02. The number of hydrogen-bond donors (Lipinski definition) is 0. The molecule has 1 aliphatic rings. The molecule has 64 valence electrons. The van der Waals surface area contributed by atoms with Gasteiger partial charge in [0.1, 0.15) is 0 Å². The molecule has 0 bridgehead atoms. The molecule has 0 atom stereocenters. The normalized spacial score (nSPS) is 20.1. The van der Waals surface area contributed by atoms with E-state index in [1.54, 1.807) is 0 Å². The summed E-state index contributed by atoms with van der Waals surface area (Å²) in [5.74, 6) is 0.953. The molecule has 11 heavy (non-hydrogen) atoms. The molecule has 0 unspecified atom stereocenters. The molecule has 0 spiro atoms. The maximum Gasteiger partial charge on any atom is 0.0239 e. The second kappa shape index (κ2) is 4.97. The average molecular weight is 217 g/mol. The summed E-state index contributed by atoms with van der Waals surface area (Å²) in [5.41, 5.74) is 1.37. The van der Waals surface area contributed by atoms with Crippen molar-refractivity contribution >= 4 is 15.9 Å². The Morgan fingerprint density at radius 2 is 1.91 bits per heavy atom. The minimum absolute atomic E-state index is 0.953. The molecule has 1 rings (SSSR count). The van der Waals surface area contributed by atoms with Crippen molar-refractivity contribution in [2.45, 2.75) is 38.5 Å². The molecule has 0 aromatic carbocycles. The minimum Gasteiger partial charge on any atom is -0.0990 e. The van der Waals surface area contributed by atoms with Crippen LogP contribution in [0.2, 0.25) is 0 Å². The van der Waals surface area contributed by atoms with Gasteiger partial charge < -0.3 is 0 Å². The fraction of sp³-hybridized carbons (Fsp3) is 0.800. The third-order valence-corrected chi connectivity index (χ3v) is 3.28. The standard InChI is InChI=1S/C10H17Br/c1-9(8-11)7-10-5-3-2-4-6-10/h10H,1-8H2. The molecule has 0 saturated heterocycles. The van der Waals surface area contributed by atoms with Crippen molar-refractivity contribution in [3.8, 4) is 0 Å². The van der Waals surface area contributed by atoms with Gasteiger partial charge in [0.15, 0.2) is 0 Å². The van der Waals surface area contributed by atoms with Gasteiger partial charge in [0.2, 0.25) is 0 Å². The van der Waals surface area contributed by atoms with E-state index in [1.165, 1.54) is 44.1 Å². The Labute approximate surface area is 78.2 Å². The fourth-order valence-electron chi connectivity index (χ4n) is 1.85. The maximum atomic E-state index is 4.02. The van der Waals surface area contributed by atoms with Gasteiger partial charge in [-0.15, -0.1) is 0 Å². The highest BCUT2D eigenvalue weighted by Gasteiger charge is 2.13. The maximum absolute atomic E-state index is 4.02. The lowest BCUT2D eigenvalue weighted by Crippen LogP contribution is -2.07. The van der Waals surface area contributed by atoms with Crippen LogP contribution in [0.5, 0.6) is 0 Å². The lowest BCUT2D eigenvalue weighted by atomic mass is 9.85. The third-order valence-electron chi connectivity index (χ3n) is 2.49.